The molecule has 2 atom stereocenters. The van der Waals surface area contributed by atoms with Crippen LogP contribution in [0.3, 0.4) is 0 Å². The van der Waals surface area contributed by atoms with E-state index in [-0.39, 0.29) is 18.1 Å². The molecule has 1 aliphatic rings. The van der Waals surface area contributed by atoms with Crippen molar-refractivity contribution in [2.24, 2.45) is 0 Å². The van der Waals surface area contributed by atoms with Gasteiger partial charge in [-0.2, -0.15) is 0 Å². The summed E-state index contributed by atoms with van der Waals surface area (Å²) in [6, 6.07) is 12.3. The highest BCUT2D eigenvalue weighted by molar-refractivity contribution is 5.75. The van der Waals surface area contributed by atoms with E-state index in [1.54, 1.807) is 7.11 Å². The molecular weight excluding hydrogens is 364 g/mol. The van der Waals surface area contributed by atoms with Crippen molar-refractivity contribution >= 4 is 6.03 Å². The molecule has 2 heterocycles. The van der Waals surface area contributed by atoms with Crippen molar-refractivity contribution in [3.05, 3.63) is 59.9 Å². The number of pyridine rings is 1. The Hall–Kier alpha value is -2.60. The van der Waals surface area contributed by atoms with E-state index in [9.17, 15) is 4.79 Å². The summed E-state index contributed by atoms with van der Waals surface area (Å²) in [7, 11) is 5.73. The Labute approximate surface area is 173 Å². The van der Waals surface area contributed by atoms with Crippen molar-refractivity contribution < 1.29 is 9.53 Å². The van der Waals surface area contributed by atoms with Crippen LogP contribution in [0.25, 0.3) is 0 Å². The average Bonchev–Trinajstić information content (AvgIpc) is 3.01. The van der Waals surface area contributed by atoms with Crippen LogP contribution in [0.1, 0.15) is 48.9 Å². The van der Waals surface area contributed by atoms with Crippen LogP contribution < -0.4 is 10.1 Å². The number of benzene rings is 1. The Morgan fingerprint density at radius 3 is 2.55 bits per heavy atom. The Bertz CT molecular complexity index is 764. The first-order valence-electron chi connectivity index (χ1n) is 10.3. The minimum atomic E-state index is 0.00840. The van der Waals surface area contributed by atoms with Crippen LogP contribution in [0.15, 0.2) is 48.8 Å². The van der Waals surface area contributed by atoms with Gasteiger partial charge in [-0.1, -0.05) is 25.0 Å². The van der Waals surface area contributed by atoms with Gasteiger partial charge in [-0.15, -0.1) is 0 Å². The van der Waals surface area contributed by atoms with Gasteiger partial charge in [0, 0.05) is 25.5 Å². The van der Waals surface area contributed by atoms with Crippen LogP contribution in [-0.2, 0) is 0 Å². The average molecular weight is 397 g/mol. The number of amides is 2. The van der Waals surface area contributed by atoms with E-state index in [4.69, 9.17) is 4.74 Å². The quantitative estimate of drug-likeness (QED) is 0.801. The zero-order chi connectivity index (χ0) is 20.6. The number of rotatable bonds is 6. The van der Waals surface area contributed by atoms with E-state index in [2.05, 4.69) is 27.3 Å². The van der Waals surface area contributed by atoms with Crippen molar-refractivity contribution in [3.63, 3.8) is 0 Å². The number of ether oxygens (including phenoxy) is 1. The lowest BCUT2D eigenvalue weighted by Gasteiger charge is -2.32. The molecule has 1 aliphatic heterocycles. The standard InChI is InChI=1S/C23H32N4O2/c1-26(2)22(18-8-10-20(29-3)11-9-18)17-25-23(28)27-16-6-4-5-7-21(27)19-12-14-24-15-13-19/h8-15,21-22H,4-7,16-17H2,1-3H3,(H,25,28). The molecule has 1 N–H and O–H groups in total. The summed E-state index contributed by atoms with van der Waals surface area (Å²) in [5.74, 6) is 0.833. The van der Waals surface area contributed by atoms with E-state index >= 15 is 0 Å². The summed E-state index contributed by atoms with van der Waals surface area (Å²) in [6.45, 7) is 1.34. The second-order valence-electron chi connectivity index (χ2n) is 7.78. The lowest BCUT2D eigenvalue weighted by atomic mass is 10.0. The van der Waals surface area contributed by atoms with Crippen molar-refractivity contribution in [2.75, 3.05) is 34.3 Å². The Morgan fingerprint density at radius 2 is 1.90 bits per heavy atom. The second-order valence-corrected chi connectivity index (χ2v) is 7.78. The summed E-state index contributed by atoms with van der Waals surface area (Å²) >= 11 is 0. The van der Waals surface area contributed by atoms with Crippen molar-refractivity contribution in [1.29, 1.82) is 0 Å². The highest BCUT2D eigenvalue weighted by atomic mass is 16.5. The first-order valence-corrected chi connectivity index (χ1v) is 10.3. The SMILES string of the molecule is COc1ccc(C(CNC(=O)N2CCCCCC2c2ccncc2)N(C)C)cc1. The summed E-state index contributed by atoms with van der Waals surface area (Å²) < 4.78 is 5.26. The molecule has 0 radical (unpaired) electrons. The zero-order valence-electron chi connectivity index (χ0n) is 17.7. The molecule has 156 valence electrons. The molecular formula is C23H32N4O2. The topological polar surface area (TPSA) is 57.7 Å². The number of likely N-dealkylation sites (tertiary alicyclic amines) is 1. The molecule has 0 spiro atoms. The molecule has 0 bridgehead atoms. The maximum Gasteiger partial charge on any atom is 0.317 e. The molecule has 1 saturated heterocycles. The highest BCUT2D eigenvalue weighted by Crippen LogP contribution is 2.30. The molecule has 2 unspecified atom stereocenters. The number of nitrogens with zero attached hydrogens (tertiary/aromatic N) is 3. The Morgan fingerprint density at radius 1 is 1.17 bits per heavy atom. The molecule has 3 rings (SSSR count). The number of likely N-dealkylation sites (N-methyl/N-ethyl adjacent to an activating group) is 1. The predicted octanol–water partition coefficient (Wildman–Crippen LogP) is 4.02. The van der Waals surface area contributed by atoms with Gasteiger partial charge in [0.2, 0.25) is 0 Å². The Kier molecular flexibility index (Phi) is 7.47. The third kappa shape index (κ3) is 5.48. The number of methoxy groups -OCH3 is 1. The summed E-state index contributed by atoms with van der Waals surface area (Å²) in [6.07, 6.45) is 7.96. The molecule has 2 amide bonds. The number of aromatic nitrogens is 1. The van der Waals surface area contributed by atoms with Gasteiger partial charge in [-0.05, 0) is 62.3 Å². The maximum atomic E-state index is 13.2. The molecule has 2 aromatic rings. The van der Waals surface area contributed by atoms with Gasteiger partial charge >= 0.3 is 6.03 Å². The van der Waals surface area contributed by atoms with E-state index in [0.717, 1.165) is 49.1 Å². The number of hydrogen-bond donors (Lipinski definition) is 1. The number of hydrogen-bond acceptors (Lipinski definition) is 4. The first-order chi connectivity index (χ1) is 14.1. The van der Waals surface area contributed by atoms with Gasteiger partial charge in [0.05, 0.1) is 19.2 Å². The summed E-state index contributed by atoms with van der Waals surface area (Å²) in [4.78, 5) is 21.4. The molecule has 0 aliphatic carbocycles. The van der Waals surface area contributed by atoms with E-state index in [1.165, 1.54) is 0 Å². The number of nitrogens with one attached hydrogen (secondary N) is 1. The van der Waals surface area contributed by atoms with E-state index in [0.29, 0.717) is 6.54 Å². The third-order valence-corrected chi connectivity index (χ3v) is 5.68. The van der Waals surface area contributed by atoms with Crippen LogP contribution in [0.2, 0.25) is 0 Å². The van der Waals surface area contributed by atoms with Gasteiger partial charge < -0.3 is 19.9 Å². The summed E-state index contributed by atoms with van der Waals surface area (Å²) in [5, 5.41) is 3.19. The van der Waals surface area contributed by atoms with Crippen LogP contribution in [0.5, 0.6) is 5.75 Å². The van der Waals surface area contributed by atoms with Crippen molar-refractivity contribution in [2.45, 2.75) is 37.8 Å². The third-order valence-electron chi connectivity index (χ3n) is 5.68. The molecule has 29 heavy (non-hydrogen) atoms. The van der Waals surface area contributed by atoms with Crippen molar-refractivity contribution in [3.8, 4) is 5.75 Å². The fourth-order valence-electron chi connectivity index (χ4n) is 3.99. The first kappa shape index (κ1) is 21.1. The lowest BCUT2D eigenvalue weighted by Crippen LogP contribution is -2.44. The number of carbonyl (C=O) groups is 1. The Balaban J connectivity index is 1.70. The van der Waals surface area contributed by atoms with Gasteiger partial charge in [-0.25, -0.2) is 4.79 Å². The number of urea groups is 1. The van der Waals surface area contributed by atoms with Gasteiger partial charge in [0.15, 0.2) is 0 Å². The number of carbonyl (C=O) groups excluding carboxylic acids is 1. The molecule has 0 saturated carbocycles. The van der Waals surface area contributed by atoms with Crippen LogP contribution >= 0.6 is 0 Å². The fourth-order valence-corrected chi connectivity index (χ4v) is 3.99. The largest absolute Gasteiger partial charge is 0.497 e. The summed E-state index contributed by atoms with van der Waals surface area (Å²) in [5.41, 5.74) is 2.31. The van der Waals surface area contributed by atoms with Gasteiger partial charge in [0.25, 0.3) is 0 Å². The van der Waals surface area contributed by atoms with Crippen LogP contribution in [0, 0.1) is 0 Å². The monoisotopic (exact) mass is 396 g/mol. The molecule has 1 fully saturated rings. The lowest BCUT2D eigenvalue weighted by molar-refractivity contribution is 0.171. The van der Waals surface area contributed by atoms with Crippen LogP contribution in [0.4, 0.5) is 4.79 Å². The minimum absolute atomic E-state index is 0.00840. The normalized spacial score (nSPS) is 18.2. The van der Waals surface area contributed by atoms with Crippen molar-refractivity contribution in [1.82, 2.24) is 20.1 Å². The zero-order valence-corrected chi connectivity index (χ0v) is 17.7. The highest BCUT2D eigenvalue weighted by Gasteiger charge is 2.27. The van der Waals surface area contributed by atoms with Crippen LogP contribution in [-0.4, -0.2) is 55.1 Å². The van der Waals surface area contributed by atoms with Gasteiger partial charge in [-0.3, -0.25) is 4.98 Å². The molecule has 1 aromatic carbocycles. The smallest absolute Gasteiger partial charge is 0.317 e. The predicted molar refractivity (Wildman–Crippen MR) is 115 cm³/mol. The second kappa shape index (κ2) is 10.3. The maximum absolute atomic E-state index is 13.2. The van der Waals surface area contributed by atoms with Gasteiger partial charge in [0.1, 0.15) is 5.75 Å². The molecule has 6 nitrogen and oxygen atoms in total. The van der Waals surface area contributed by atoms with E-state index in [1.807, 2.05) is 55.7 Å². The minimum Gasteiger partial charge on any atom is -0.497 e. The van der Waals surface area contributed by atoms with E-state index < -0.39 is 0 Å². The molecule has 1 aromatic heterocycles. The molecule has 6 heteroatoms. The fraction of sp³-hybridized carbons (Fsp3) is 0.478.